The topological polar surface area (TPSA) is 58.0 Å². The normalized spacial score (nSPS) is 13.4. The molecule has 0 unspecified atom stereocenters. The summed E-state index contributed by atoms with van der Waals surface area (Å²) in [6.45, 7) is 2.10. The first-order valence-corrected chi connectivity index (χ1v) is 11.7. The molecule has 4 aromatic carbocycles. The first-order chi connectivity index (χ1) is 17.2. The summed E-state index contributed by atoms with van der Waals surface area (Å²) in [6, 6.07) is 19.1. The zero-order chi connectivity index (χ0) is 23.0. The second kappa shape index (κ2) is 5.75. The van der Waals surface area contributed by atoms with Gasteiger partial charge >= 0.3 is 0 Å². The van der Waals surface area contributed by atoms with E-state index < -0.39 is 0 Å². The molecule has 6 nitrogen and oxygen atoms in total. The molecule has 7 aromatic rings. The van der Waals surface area contributed by atoms with Gasteiger partial charge in [-0.1, -0.05) is 24.3 Å². The van der Waals surface area contributed by atoms with E-state index in [4.69, 9.17) is 19.1 Å². The quantitative estimate of drug-likeness (QED) is 0.357. The van der Waals surface area contributed by atoms with Gasteiger partial charge in [0.05, 0.1) is 29.0 Å². The van der Waals surface area contributed by atoms with Gasteiger partial charge in [-0.15, -0.1) is 0 Å². The van der Waals surface area contributed by atoms with Crippen molar-refractivity contribution in [3.05, 3.63) is 72.8 Å². The lowest BCUT2D eigenvalue weighted by Crippen LogP contribution is -2.59. The molecule has 0 atom stereocenters. The van der Waals surface area contributed by atoms with E-state index in [9.17, 15) is 0 Å². The van der Waals surface area contributed by atoms with Crippen LogP contribution < -0.4 is 21.1 Å². The molecular weight excluding hydrogens is 435 g/mol. The van der Waals surface area contributed by atoms with Crippen molar-refractivity contribution >= 4 is 67.1 Å². The van der Waals surface area contributed by atoms with Gasteiger partial charge in [-0.3, -0.25) is 9.13 Å². The van der Waals surface area contributed by atoms with Gasteiger partial charge in [0, 0.05) is 22.3 Å². The van der Waals surface area contributed by atoms with Crippen LogP contribution in [0.25, 0.3) is 55.4 Å². The molecule has 0 fully saturated rings. The number of hydrogen-bond acceptors (Lipinski definition) is 4. The predicted molar refractivity (Wildman–Crippen MR) is 139 cm³/mol. The van der Waals surface area contributed by atoms with Crippen molar-refractivity contribution in [2.75, 3.05) is 7.11 Å². The molecule has 0 saturated carbocycles. The van der Waals surface area contributed by atoms with E-state index in [2.05, 4.69) is 58.5 Å². The molecular formula is C28H17BN4O2. The number of nitrogens with zero attached hydrogens (tertiary/aromatic N) is 4. The lowest BCUT2D eigenvalue weighted by atomic mass is 9.34. The Morgan fingerprint density at radius 3 is 2.34 bits per heavy atom. The maximum absolute atomic E-state index is 6.37. The molecule has 164 valence electrons. The van der Waals surface area contributed by atoms with E-state index in [1.807, 2.05) is 24.8 Å². The first-order valence-electron chi connectivity index (χ1n) is 11.7. The molecule has 0 saturated heterocycles. The summed E-state index contributed by atoms with van der Waals surface area (Å²) in [5, 5.41) is 2.17. The van der Waals surface area contributed by atoms with E-state index in [1.165, 1.54) is 16.4 Å². The third kappa shape index (κ3) is 1.89. The number of fused-ring (bicyclic) bond motifs is 8. The molecule has 7 heteroatoms. The molecule has 2 aliphatic heterocycles. The number of aryl methyl sites for hydroxylation is 1. The molecule has 35 heavy (non-hydrogen) atoms. The number of rotatable bonds is 1. The highest BCUT2D eigenvalue weighted by atomic mass is 16.5. The Kier molecular flexibility index (Phi) is 2.94. The van der Waals surface area contributed by atoms with Gasteiger partial charge in [-0.05, 0) is 53.6 Å². The van der Waals surface area contributed by atoms with E-state index in [1.54, 1.807) is 7.11 Å². The van der Waals surface area contributed by atoms with Crippen molar-refractivity contribution < 1.29 is 9.15 Å². The molecule has 3 aromatic heterocycles. The predicted octanol–water partition coefficient (Wildman–Crippen LogP) is 3.72. The van der Waals surface area contributed by atoms with Crippen molar-refractivity contribution in [1.82, 2.24) is 19.1 Å². The second-order valence-electron chi connectivity index (χ2n) is 9.50. The summed E-state index contributed by atoms with van der Waals surface area (Å²) < 4.78 is 16.6. The van der Waals surface area contributed by atoms with Gasteiger partial charge in [0.2, 0.25) is 0 Å². The van der Waals surface area contributed by atoms with Crippen molar-refractivity contribution in [2.45, 2.75) is 6.92 Å². The van der Waals surface area contributed by atoms with Crippen LogP contribution >= 0.6 is 0 Å². The Balaban J connectivity index is 1.52. The van der Waals surface area contributed by atoms with Gasteiger partial charge in [-0.2, -0.15) is 0 Å². The maximum Gasteiger partial charge on any atom is 0.252 e. The fourth-order valence-corrected chi connectivity index (χ4v) is 6.51. The molecule has 0 radical (unpaired) electrons. The van der Waals surface area contributed by atoms with E-state index in [-0.39, 0.29) is 6.71 Å². The van der Waals surface area contributed by atoms with E-state index in [0.717, 1.165) is 66.7 Å². The van der Waals surface area contributed by atoms with E-state index >= 15 is 0 Å². The standard InChI is InChI=1S/C28H17BN4O2/c1-14-21(34-2)10-16-27-25(14)30-12-32(27)18-7-5-8-19-24(18)29(16)17-11-22-23(26-28(17)33(19)13-31-26)15-6-3-4-9-20(15)35-22/h3-13H,1-2H3. The fraction of sp³-hybridized carbons (Fsp3) is 0.0714. The largest absolute Gasteiger partial charge is 0.496 e. The molecule has 0 N–H and O–H groups in total. The summed E-state index contributed by atoms with van der Waals surface area (Å²) in [5.41, 5.74) is 13.0. The van der Waals surface area contributed by atoms with Gasteiger partial charge in [0.15, 0.2) is 0 Å². The Bertz CT molecular complexity index is 2080. The van der Waals surface area contributed by atoms with Crippen molar-refractivity contribution in [1.29, 1.82) is 0 Å². The van der Waals surface area contributed by atoms with Crippen LogP contribution in [0.1, 0.15) is 5.56 Å². The molecule has 2 aliphatic rings. The van der Waals surface area contributed by atoms with Gasteiger partial charge in [0.1, 0.15) is 35.1 Å². The fourth-order valence-electron chi connectivity index (χ4n) is 6.51. The Morgan fingerprint density at radius 2 is 1.54 bits per heavy atom. The molecule has 0 bridgehead atoms. The van der Waals surface area contributed by atoms with Crippen LogP contribution in [-0.4, -0.2) is 32.9 Å². The molecule has 0 amide bonds. The van der Waals surface area contributed by atoms with Crippen LogP contribution in [0.15, 0.2) is 71.7 Å². The number of methoxy groups -OCH3 is 1. The van der Waals surface area contributed by atoms with Crippen LogP contribution in [-0.2, 0) is 0 Å². The smallest absolute Gasteiger partial charge is 0.252 e. The molecule has 5 heterocycles. The third-order valence-electron chi connectivity index (χ3n) is 7.95. The molecule has 0 spiro atoms. The average molecular weight is 452 g/mol. The Hall–Kier alpha value is -4.52. The summed E-state index contributed by atoms with van der Waals surface area (Å²) in [6.07, 6.45) is 3.89. The van der Waals surface area contributed by atoms with Crippen LogP contribution in [0, 0.1) is 6.92 Å². The number of benzene rings is 4. The highest BCUT2D eigenvalue weighted by Crippen LogP contribution is 2.37. The van der Waals surface area contributed by atoms with Gasteiger partial charge in [-0.25, -0.2) is 9.97 Å². The van der Waals surface area contributed by atoms with Crippen LogP contribution in [0.3, 0.4) is 0 Å². The number of aromatic nitrogens is 4. The van der Waals surface area contributed by atoms with Gasteiger partial charge < -0.3 is 9.15 Å². The monoisotopic (exact) mass is 452 g/mol. The molecule has 0 aliphatic carbocycles. The minimum absolute atomic E-state index is 0.0201. The van der Waals surface area contributed by atoms with Gasteiger partial charge in [0.25, 0.3) is 6.71 Å². The minimum atomic E-state index is 0.0201. The average Bonchev–Trinajstić information content (AvgIpc) is 3.60. The third-order valence-corrected chi connectivity index (χ3v) is 7.95. The van der Waals surface area contributed by atoms with Crippen molar-refractivity contribution in [2.24, 2.45) is 0 Å². The lowest BCUT2D eigenvalue weighted by Gasteiger charge is -2.32. The highest BCUT2D eigenvalue weighted by molar-refractivity contribution is 7.00. The number of ether oxygens (including phenoxy) is 1. The Labute approximate surface area is 199 Å². The summed E-state index contributed by atoms with van der Waals surface area (Å²) in [4.78, 5) is 9.78. The number of para-hydroxylation sites is 1. The maximum atomic E-state index is 6.37. The zero-order valence-corrected chi connectivity index (χ0v) is 19.0. The Morgan fingerprint density at radius 1 is 0.829 bits per heavy atom. The summed E-state index contributed by atoms with van der Waals surface area (Å²) in [7, 11) is 1.73. The highest BCUT2D eigenvalue weighted by Gasteiger charge is 2.41. The van der Waals surface area contributed by atoms with Crippen molar-refractivity contribution in [3.8, 4) is 17.1 Å². The number of furan rings is 1. The summed E-state index contributed by atoms with van der Waals surface area (Å²) >= 11 is 0. The number of hydrogen-bond donors (Lipinski definition) is 0. The van der Waals surface area contributed by atoms with Crippen LogP contribution in [0.5, 0.6) is 5.75 Å². The minimum Gasteiger partial charge on any atom is -0.496 e. The van der Waals surface area contributed by atoms with Crippen LogP contribution in [0.4, 0.5) is 0 Å². The number of imidazole rings is 2. The molecule has 9 rings (SSSR count). The first kappa shape index (κ1) is 17.9. The van der Waals surface area contributed by atoms with Crippen LogP contribution in [0.2, 0.25) is 0 Å². The second-order valence-corrected chi connectivity index (χ2v) is 9.50. The zero-order valence-electron chi connectivity index (χ0n) is 19.0. The SMILES string of the molecule is COc1cc2c3c(ncn3-c3cccc4c3B2c2cc3oc5ccccc5c3c3ncn-4c23)c1C. The summed E-state index contributed by atoms with van der Waals surface area (Å²) in [5.74, 6) is 0.860. The van der Waals surface area contributed by atoms with Crippen molar-refractivity contribution in [3.63, 3.8) is 0 Å². The van der Waals surface area contributed by atoms with E-state index in [0.29, 0.717) is 0 Å². The lowest BCUT2D eigenvalue weighted by molar-refractivity contribution is 0.412.